The van der Waals surface area contributed by atoms with Gasteiger partial charge in [-0.25, -0.2) is 4.79 Å². The smallest absolute Gasteiger partial charge is 0.319 e. The van der Waals surface area contributed by atoms with Crippen LogP contribution in [0.3, 0.4) is 0 Å². The molecule has 2 amide bonds. The summed E-state index contributed by atoms with van der Waals surface area (Å²) in [5, 5.41) is 18.1. The molecule has 1 aromatic carbocycles. The summed E-state index contributed by atoms with van der Waals surface area (Å²) in [4.78, 5) is 11.6. The van der Waals surface area contributed by atoms with E-state index in [-0.39, 0.29) is 6.03 Å². The van der Waals surface area contributed by atoms with Crippen molar-refractivity contribution >= 4 is 17.4 Å². The summed E-state index contributed by atoms with van der Waals surface area (Å²) in [6, 6.07) is 8.38. The molecule has 0 saturated heterocycles. The Hall–Kier alpha value is -3.01. The third kappa shape index (κ3) is 3.74. The molecule has 7 nitrogen and oxygen atoms in total. The van der Waals surface area contributed by atoms with Crippen molar-refractivity contribution in [3.05, 3.63) is 42.2 Å². The van der Waals surface area contributed by atoms with Crippen LogP contribution in [0.1, 0.15) is 5.56 Å². The summed E-state index contributed by atoms with van der Waals surface area (Å²) in [5.74, 6) is 0. The number of nitrogens with two attached hydrogens (primary N) is 1. The maximum Gasteiger partial charge on any atom is 0.319 e. The van der Waals surface area contributed by atoms with Gasteiger partial charge in [0.2, 0.25) is 0 Å². The predicted molar refractivity (Wildman–Crippen MR) is 74.8 cm³/mol. The molecule has 0 radical (unpaired) electrons. The summed E-state index contributed by atoms with van der Waals surface area (Å²) < 4.78 is 1.64. The van der Waals surface area contributed by atoms with E-state index in [1.54, 1.807) is 41.3 Å². The van der Waals surface area contributed by atoms with Gasteiger partial charge < -0.3 is 16.4 Å². The Morgan fingerprint density at radius 1 is 1.50 bits per heavy atom. The number of aromatic nitrogens is 2. The van der Waals surface area contributed by atoms with Crippen LogP contribution in [-0.2, 0) is 6.54 Å². The average molecular weight is 270 g/mol. The first kappa shape index (κ1) is 13.4. The zero-order chi connectivity index (χ0) is 14.4. The fraction of sp³-hybridized carbons (Fsp3) is 0.154. The van der Waals surface area contributed by atoms with E-state index in [9.17, 15) is 4.79 Å². The molecular formula is C13H14N6O. The lowest BCUT2D eigenvalue weighted by molar-refractivity contribution is 0.251. The quantitative estimate of drug-likeness (QED) is 0.774. The molecule has 0 aliphatic carbocycles. The highest BCUT2D eigenvalue weighted by Crippen LogP contribution is 2.09. The largest absolute Gasteiger partial charge is 0.396 e. The summed E-state index contributed by atoms with van der Waals surface area (Å²) in [6.45, 7) is 0.952. The second-order valence-electron chi connectivity index (χ2n) is 4.11. The Morgan fingerprint density at radius 2 is 2.35 bits per heavy atom. The van der Waals surface area contributed by atoms with Gasteiger partial charge in [-0.1, -0.05) is 6.07 Å². The van der Waals surface area contributed by atoms with Gasteiger partial charge >= 0.3 is 6.03 Å². The number of anilines is 2. The Morgan fingerprint density at radius 3 is 3.05 bits per heavy atom. The minimum Gasteiger partial charge on any atom is -0.396 e. The fourth-order valence-corrected chi connectivity index (χ4v) is 1.63. The van der Waals surface area contributed by atoms with Crippen molar-refractivity contribution in [3.63, 3.8) is 0 Å². The molecule has 4 N–H and O–H groups in total. The number of nitrogen functional groups attached to an aromatic ring is 1. The Balaban J connectivity index is 1.79. The van der Waals surface area contributed by atoms with E-state index >= 15 is 0 Å². The lowest BCUT2D eigenvalue weighted by Crippen LogP contribution is -2.31. The van der Waals surface area contributed by atoms with E-state index in [4.69, 9.17) is 11.0 Å². The van der Waals surface area contributed by atoms with Crippen LogP contribution in [-0.4, -0.2) is 22.4 Å². The number of urea groups is 1. The van der Waals surface area contributed by atoms with Crippen molar-refractivity contribution in [3.8, 4) is 6.07 Å². The first-order valence-electron chi connectivity index (χ1n) is 6.00. The maximum absolute atomic E-state index is 11.6. The molecule has 0 saturated carbocycles. The van der Waals surface area contributed by atoms with Crippen LogP contribution < -0.4 is 16.4 Å². The van der Waals surface area contributed by atoms with Crippen LogP contribution in [0.25, 0.3) is 0 Å². The second-order valence-corrected chi connectivity index (χ2v) is 4.11. The lowest BCUT2D eigenvalue weighted by Gasteiger charge is -2.07. The number of rotatable bonds is 4. The molecule has 2 rings (SSSR count). The molecule has 102 valence electrons. The van der Waals surface area contributed by atoms with E-state index in [1.807, 2.05) is 6.07 Å². The van der Waals surface area contributed by atoms with Gasteiger partial charge in [0, 0.05) is 18.4 Å². The summed E-state index contributed by atoms with van der Waals surface area (Å²) >= 11 is 0. The highest BCUT2D eigenvalue weighted by molar-refractivity contribution is 5.89. The van der Waals surface area contributed by atoms with Crippen LogP contribution in [0, 0.1) is 11.3 Å². The van der Waals surface area contributed by atoms with E-state index in [0.717, 1.165) is 0 Å². The molecule has 1 aromatic heterocycles. The highest BCUT2D eigenvalue weighted by Gasteiger charge is 2.02. The standard InChI is InChI=1S/C13H14N6O/c14-7-10-2-1-3-12(6-10)18-13(20)16-4-5-19-9-11(15)8-17-19/h1-3,6,8-9H,4-5,15H2,(H2,16,18,20). The number of nitriles is 1. The third-order valence-electron chi connectivity index (χ3n) is 2.53. The molecule has 0 fully saturated rings. The van der Waals surface area contributed by atoms with E-state index in [0.29, 0.717) is 30.0 Å². The number of hydrogen-bond donors (Lipinski definition) is 3. The predicted octanol–water partition coefficient (Wildman–Crippen LogP) is 1.16. The Labute approximate surface area is 116 Å². The van der Waals surface area contributed by atoms with Gasteiger partial charge in [0.25, 0.3) is 0 Å². The fourth-order valence-electron chi connectivity index (χ4n) is 1.63. The average Bonchev–Trinajstić information content (AvgIpc) is 2.84. The van der Waals surface area contributed by atoms with E-state index in [1.165, 1.54) is 0 Å². The second kappa shape index (κ2) is 6.24. The van der Waals surface area contributed by atoms with Crippen molar-refractivity contribution in [2.45, 2.75) is 6.54 Å². The molecule has 20 heavy (non-hydrogen) atoms. The normalized spacial score (nSPS) is 9.75. The van der Waals surface area contributed by atoms with Crippen LogP contribution in [0.4, 0.5) is 16.2 Å². The van der Waals surface area contributed by atoms with Gasteiger partial charge in [-0.3, -0.25) is 4.68 Å². The number of benzene rings is 1. The van der Waals surface area contributed by atoms with Crippen molar-refractivity contribution < 1.29 is 4.79 Å². The molecule has 0 aliphatic heterocycles. The van der Waals surface area contributed by atoms with Gasteiger partial charge in [-0.15, -0.1) is 0 Å². The first-order valence-corrected chi connectivity index (χ1v) is 6.00. The maximum atomic E-state index is 11.6. The molecule has 0 bridgehead atoms. The molecule has 0 spiro atoms. The van der Waals surface area contributed by atoms with Gasteiger partial charge in [-0.05, 0) is 18.2 Å². The summed E-state index contributed by atoms with van der Waals surface area (Å²) in [6.07, 6.45) is 3.24. The molecule has 0 unspecified atom stereocenters. The van der Waals surface area contributed by atoms with Crippen molar-refractivity contribution in [1.29, 1.82) is 5.26 Å². The zero-order valence-corrected chi connectivity index (χ0v) is 10.7. The minimum absolute atomic E-state index is 0.333. The SMILES string of the molecule is N#Cc1cccc(NC(=O)NCCn2cc(N)cn2)c1. The van der Waals surface area contributed by atoms with Crippen LogP contribution in [0.5, 0.6) is 0 Å². The van der Waals surface area contributed by atoms with Gasteiger partial charge in [0.15, 0.2) is 0 Å². The summed E-state index contributed by atoms with van der Waals surface area (Å²) in [7, 11) is 0. The highest BCUT2D eigenvalue weighted by atomic mass is 16.2. The van der Waals surface area contributed by atoms with Crippen LogP contribution in [0.2, 0.25) is 0 Å². The molecule has 1 heterocycles. The van der Waals surface area contributed by atoms with Crippen molar-refractivity contribution in [2.75, 3.05) is 17.6 Å². The number of hydrogen-bond acceptors (Lipinski definition) is 4. The summed E-state index contributed by atoms with van der Waals surface area (Å²) in [5.41, 5.74) is 7.19. The molecule has 2 aromatic rings. The number of carbonyl (C=O) groups excluding carboxylic acids is 1. The molecule has 0 aliphatic rings. The van der Waals surface area contributed by atoms with Crippen LogP contribution in [0.15, 0.2) is 36.7 Å². The van der Waals surface area contributed by atoms with Crippen molar-refractivity contribution in [1.82, 2.24) is 15.1 Å². The van der Waals surface area contributed by atoms with Gasteiger partial charge in [0.1, 0.15) is 0 Å². The molecule has 0 atom stereocenters. The topological polar surface area (TPSA) is 109 Å². The number of nitrogens with zero attached hydrogens (tertiary/aromatic N) is 3. The molecular weight excluding hydrogens is 256 g/mol. The monoisotopic (exact) mass is 270 g/mol. The third-order valence-corrected chi connectivity index (χ3v) is 2.53. The van der Waals surface area contributed by atoms with E-state index < -0.39 is 0 Å². The van der Waals surface area contributed by atoms with E-state index in [2.05, 4.69) is 15.7 Å². The van der Waals surface area contributed by atoms with Crippen molar-refractivity contribution in [2.24, 2.45) is 0 Å². The Kier molecular flexibility index (Phi) is 4.19. The van der Waals surface area contributed by atoms with Crippen LogP contribution >= 0.6 is 0 Å². The zero-order valence-electron chi connectivity index (χ0n) is 10.7. The lowest BCUT2D eigenvalue weighted by atomic mass is 10.2. The number of carbonyl (C=O) groups is 1. The van der Waals surface area contributed by atoms with Gasteiger partial charge in [0.05, 0.1) is 30.1 Å². The molecule has 7 heteroatoms. The number of nitrogens with one attached hydrogen (secondary N) is 2. The first-order chi connectivity index (χ1) is 9.67. The Bertz CT molecular complexity index is 642. The minimum atomic E-state index is -0.333. The number of amides is 2. The van der Waals surface area contributed by atoms with Gasteiger partial charge in [-0.2, -0.15) is 10.4 Å².